The van der Waals surface area contributed by atoms with Crippen LogP contribution in [0.25, 0.3) is 0 Å². The van der Waals surface area contributed by atoms with Crippen LogP contribution >= 0.6 is 0 Å². The monoisotopic (exact) mass is 346 g/mol. The number of carbonyl (C=O) groups excluding carboxylic acids is 1. The first-order chi connectivity index (χ1) is 12.1. The summed E-state index contributed by atoms with van der Waals surface area (Å²) in [6, 6.07) is 2.80. The van der Waals surface area contributed by atoms with E-state index in [1.807, 2.05) is 6.92 Å². The molecule has 1 saturated heterocycles. The molecule has 134 valence electrons. The van der Waals surface area contributed by atoms with E-state index in [1.165, 1.54) is 10.6 Å². The van der Waals surface area contributed by atoms with Crippen LogP contribution in [0.1, 0.15) is 47.9 Å². The van der Waals surface area contributed by atoms with Gasteiger partial charge in [0.1, 0.15) is 0 Å². The van der Waals surface area contributed by atoms with Crippen molar-refractivity contribution in [3.8, 4) is 0 Å². The number of hydrogen-bond donors (Lipinski definition) is 0. The average molecular weight is 346 g/mol. The zero-order valence-corrected chi connectivity index (χ0v) is 14.5. The highest BCUT2D eigenvalue weighted by Crippen LogP contribution is 2.31. The van der Waals surface area contributed by atoms with Gasteiger partial charge in [-0.15, -0.1) is 0 Å². The van der Waals surface area contributed by atoms with Crippen molar-refractivity contribution in [1.29, 1.82) is 0 Å². The minimum absolute atomic E-state index is 0.128. The molecule has 0 saturated carbocycles. The van der Waals surface area contributed by atoms with Crippen LogP contribution in [-0.2, 0) is 17.7 Å². The van der Waals surface area contributed by atoms with Gasteiger partial charge in [-0.25, -0.2) is 0 Å². The van der Waals surface area contributed by atoms with E-state index in [0.717, 1.165) is 12.8 Å². The van der Waals surface area contributed by atoms with Crippen molar-refractivity contribution >= 4 is 5.91 Å². The zero-order valence-electron chi connectivity index (χ0n) is 14.5. The summed E-state index contributed by atoms with van der Waals surface area (Å²) in [6.45, 7) is 3.39. The average Bonchev–Trinajstić information content (AvgIpc) is 3.29. The number of likely N-dealkylation sites (tertiary alicyclic amines) is 1. The number of ether oxygens (including phenoxy) is 1. The molecule has 0 spiro atoms. The Kier molecular flexibility index (Phi) is 5.28. The van der Waals surface area contributed by atoms with Gasteiger partial charge in [-0.2, -0.15) is 4.98 Å². The van der Waals surface area contributed by atoms with Gasteiger partial charge in [0, 0.05) is 38.9 Å². The van der Waals surface area contributed by atoms with Gasteiger partial charge >= 0.3 is 0 Å². The van der Waals surface area contributed by atoms with E-state index in [9.17, 15) is 9.59 Å². The van der Waals surface area contributed by atoms with Crippen LogP contribution in [0, 0.1) is 0 Å². The van der Waals surface area contributed by atoms with Crippen molar-refractivity contribution in [2.24, 2.45) is 0 Å². The number of methoxy groups -OCH3 is 1. The number of amides is 1. The van der Waals surface area contributed by atoms with Crippen LogP contribution in [0.5, 0.6) is 0 Å². The number of hydrogen-bond acceptors (Lipinski definition) is 6. The quantitative estimate of drug-likeness (QED) is 0.786. The molecule has 3 rings (SSSR count). The molecule has 3 heterocycles. The van der Waals surface area contributed by atoms with Crippen LogP contribution in [0.15, 0.2) is 27.6 Å². The molecule has 1 aliphatic rings. The number of pyridine rings is 1. The highest BCUT2D eigenvalue weighted by molar-refractivity contribution is 5.94. The Morgan fingerprint density at radius 3 is 3.00 bits per heavy atom. The molecule has 0 unspecified atom stereocenters. The Morgan fingerprint density at radius 2 is 2.28 bits per heavy atom. The number of rotatable bonds is 6. The normalized spacial score (nSPS) is 17.2. The second-order valence-corrected chi connectivity index (χ2v) is 6.00. The lowest BCUT2D eigenvalue weighted by molar-refractivity contribution is 0.0727. The van der Waals surface area contributed by atoms with E-state index < -0.39 is 0 Å². The summed E-state index contributed by atoms with van der Waals surface area (Å²) < 4.78 is 11.7. The molecule has 2 aromatic heterocycles. The molecule has 0 aromatic carbocycles. The number of aromatic nitrogens is 3. The summed E-state index contributed by atoms with van der Waals surface area (Å²) in [5.74, 6) is 0.995. The molecule has 1 amide bonds. The maximum absolute atomic E-state index is 12.9. The van der Waals surface area contributed by atoms with Crippen molar-refractivity contribution in [1.82, 2.24) is 19.6 Å². The fourth-order valence-corrected chi connectivity index (χ4v) is 3.01. The van der Waals surface area contributed by atoms with E-state index >= 15 is 0 Å². The molecule has 0 radical (unpaired) electrons. The third kappa shape index (κ3) is 3.63. The SMILES string of the molecule is CCc1nc([C@@H]2CCCN2C(=O)c2ccc(=O)n(CCOC)c2)no1. The number of aryl methyl sites for hydroxylation is 1. The molecular weight excluding hydrogens is 324 g/mol. The molecule has 1 atom stereocenters. The molecule has 1 fully saturated rings. The van der Waals surface area contributed by atoms with Crippen LogP contribution in [0.3, 0.4) is 0 Å². The van der Waals surface area contributed by atoms with Gasteiger partial charge in [-0.05, 0) is 18.9 Å². The third-order valence-electron chi connectivity index (χ3n) is 4.36. The first-order valence-electron chi connectivity index (χ1n) is 8.47. The summed E-state index contributed by atoms with van der Waals surface area (Å²) in [4.78, 5) is 31.0. The largest absolute Gasteiger partial charge is 0.383 e. The number of carbonyl (C=O) groups is 1. The van der Waals surface area contributed by atoms with Crippen LogP contribution in [-0.4, -0.2) is 45.8 Å². The Bertz CT molecular complexity index is 798. The summed E-state index contributed by atoms with van der Waals surface area (Å²) in [7, 11) is 1.57. The zero-order chi connectivity index (χ0) is 17.8. The fourth-order valence-electron chi connectivity index (χ4n) is 3.01. The smallest absolute Gasteiger partial charge is 0.255 e. The molecule has 0 bridgehead atoms. The molecule has 0 aliphatic carbocycles. The van der Waals surface area contributed by atoms with Gasteiger partial charge in [-0.3, -0.25) is 9.59 Å². The predicted molar refractivity (Wildman–Crippen MR) is 89.3 cm³/mol. The van der Waals surface area contributed by atoms with E-state index in [-0.39, 0.29) is 17.5 Å². The molecule has 0 N–H and O–H groups in total. The predicted octanol–water partition coefficient (Wildman–Crippen LogP) is 1.42. The van der Waals surface area contributed by atoms with Gasteiger partial charge in [0.2, 0.25) is 5.89 Å². The topological polar surface area (TPSA) is 90.5 Å². The van der Waals surface area contributed by atoms with E-state index in [2.05, 4.69) is 10.1 Å². The Labute approximate surface area is 145 Å². The fraction of sp³-hybridized carbons (Fsp3) is 0.529. The molecular formula is C17H22N4O4. The van der Waals surface area contributed by atoms with Crippen LogP contribution in [0.2, 0.25) is 0 Å². The van der Waals surface area contributed by atoms with Gasteiger partial charge in [0.25, 0.3) is 11.5 Å². The maximum atomic E-state index is 12.9. The summed E-state index contributed by atoms with van der Waals surface area (Å²) in [6.07, 6.45) is 3.94. The first-order valence-corrected chi connectivity index (χ1v) is 8.47. The van der Waals surface area contributed by atoms with Crippen molar-refractivity contribution < 1.29 is 14.1 Å². The van der Waals surface area contributed by atoms with Gasteiger partial charge in [-0.1, -0.05) is 12.1 Å². The Morgan fingerprint density at radius 1 is 1.44 bits per heavy atom. The molecule has 8 nitrogen and oxygen atoms in total. The van der Waals surface area contributed by atoms with Gasteiger partial charge < -0.3 is 18.7 Å². The van der Waals surface area contributed by atoms with Crippen LogP contribution in [0.4, 0.5) is 0 Å². The summed E-state index contributed by atoms with van der Waals surface area (Å²) >= 11 is 0. The van der Waals surface area contributed by atoms with E-state index in [4.69, 9.17) is 9.26 Å². The highest BCUT2D eigenvalue weighted by atomic mass is 16.5. The van der Waals surface area contributed by atoms with Crippen molar-refractivity contribution in [2.45, 2.75) is 38.8 Å². The minimum Gasteiger partial charge on any atom is -0.383 e. The van der Waals surface area contributed by atoms with Crippen molar-refractivity contribution in [3.63, 3.8) is 0 Å². The molecule has 8 heteroatoms. The van der Waals surface area contributed by atoms with Gasteiger partial charge in [0.05, 0.1) is 18.2 Å². The van der Waals surface area contributed by atoms with E-state index in [0.29, 0.717) is 43.4 Å². The van der Waals surface area contributed by atoms with Crippen LogP contribution < -0.4 is 5.56 Å². The second kappa shape index (κ2) is 7.60. The second-order valence-electron chi connectivity index (χ2n) is 6.00. The lowest BCUT2D eigenvalue weighted by Gasteiger charge is -2.22. The van der Waals surface area contributed by atoms with Crippen molar-refractivity contribution in [2.75, 3.05) is 20.3 Å². The number of nitrogens with zero attached hydrogens (tertiary/aromatic N) is 4. The standard InChI is InChI=1S/C17H22N4O4/c1-3-14-18-16(19-25-14)13-5-4-8-21(13)17(23)12-6-7-15(22)20(11-12)9-10-24-2/h6-7,11,13H,3-5,8-10H2,1-2H3/t13-/m0/s1. The lowest BCUT2D eigenvalue weighted by Crippen LogP contribution is -2.32. The lowest BCUT2D eigenvalue weighted by atomic mass is 10.2. The molecule has 1 aliphatic heterocycles. The highest BCUT2D eigenvalue weighted by Gasteiger charge is 2.34. The molecule has 25 heavy (non-hydrogen) atoms. The minimum atomic E-state index is -0.184. The first kappa shape index (κ1) is 17.3. The Balaban J connectivity index is 1.82. The van der Waals surface area contributed by atoms with Crippen molar-refractivity contribution in [3.05, 3.63) is 46.0 Å². The Hall–Kier alpha value is -2.48. The summed E-state index contributed by atoms with van der Waals surface area (Å²) in [5, 5.41) is 4.02. The van der Waals surface area contributed by atoms with Gasteiger partial charge in [0.15, 0.2) is 5.82 Å². The summed E-state index contributed by atoms with van der Waals surface area (Å²) in [5.41, 5.74) is 0.319. The molecule has 2 aromatic rings. The van der Waals surface area contributed by atoms with E-state index in [1.54, 1.807) is 24.3 Å². The third-order valence-corrected chi connectivity index (χ3v) is 4.36. The maximum Gasteiger partial charge on any atom is 0.255 e.